The lowest BCUT2D eigenvalue weighted by molar-refractivity contribution is 0.249. The molecule has 1 aromatic heterocycles. The first kappa shape index (κ1) is 14.6. The molecule has 3 atom stereocenters. The van der Waals surface area contributed by atoms with Crippen LogP contribution in [0.4, 0.5) is 11.6 Å². The van der Waals surface area contributed by atoms with Crippen molar-refractivity contribution in [3.8, 4) is 0 Å². The molecule has 0 spiro atoms. The Morgan fingerprint density at radius 3 is 3.00 bits per heavy atom. The molecule has 2 fully saturated rings. The van der Waals surface area contributed by atoms with Crippen LogP contribution in [0.3, 0.4) is 0 Å². The summed E-state index contributed by atoms with van der Waals surface area (Å²) in [4.78, 5) is 6.86. The molecule has 3 rings (SSSR count). The molecule has 3 unspecified atom stereocenters. The Morgan fingerprint density at radius 1 is 1.29 bits per heavy atom. The van der Waals surface area contributed by atoms with Gasteiger partial charge in [-0.25, -0.2) is 4.98 Å². The van der Waals surface area contributed by atoms with Crippen LogP contribution in [0.15, 0.2) is 18.2 Å². The molecule has 2 aliphatic rings. The van der Waals surface area contributed by atoms with Crippen molar-refractivity contribution in [3.63, 3.8) is 0 Å². The van der Waals surface area contributed by atoms with Gasteiger partial charge in [0.2, 0.25) is 0 Å². The van der Waals surface area contributed by atoms with Gasteiger partial charge in [-0.05, 0) is 37.9 Å². The molecular formula is C15H24N4O2. The summed E-state index contributed by atoms with van der Waals surface area (Å²) in [6.45, 7) is 2.18. The third-order valence-electron chi connectivity index (χ3n) is 4.49. The highest BCUT2D eigenvalue weighted by Gasteiger charge is 2.27. The van der Waals surface area contributed by atoms with Crippen LogP contribution < -0.4 is 15.5 Å². The summed E-state index contributed by atoms with van der Waals surface area (Å²) in [5.41, 5.74) is 0. The van der Waals surface area contributed by atoms with Crippen LogP contribution in [0.1, 0.15) is 19.3 Å². The molecule has 2 aliphatic heterocycles. The van der Waals surface area contributed by atoms with E-state index in [2.05, 4.69) is 20.5 Å². The van der Waals surface area contributed by atoms with Crippen LogP contribution in [-0.4, -0.2) is 59.6 Å². The lowest BCUT2D eigenvalue weighted by atomic mass is 10.1. The van der Waals surface area contributed by atoms with Gasteiger partial charge in [-0.1, -0.05) is 6.07 Å². The highest BCUT2D eigenvalue weighted by atomic mass is 16.3. The van der Waals surface area contributed by atoms with E-state index < -0.39 is 0 Å². The number of pyridine rings is 1. The van der Waals surface area contributed by atoms with Crippen molar-refractivity contribution in [2.24, 2.45) is 0 Å². The molecule has 6 heteroatoms. The first-order valence-corrected chi connectivity index (χ1v) is 7.77. The van der Waals surface area contributed by atoms with Crippen LogP contribution >= 0.6 is 0 Å². The Bertz CT molecular complexity index is 471. The predicted octanol–water partition coefficient (Wildman–Crippen LogP) is 0.177. The third kappa shape index (κ3) is 3.12. The molecular weight excluding hydrogens is 268 g/mol. The summed E-state index contributed by atoms with van der Waals surface area (Å²) in [5, 5.41) is 25.5. The van der Waals surface area contributed by atoms with Crippen molar-refractivity contribution in [2.75, 3.05) is 36.5 Å². The molecule has 0 saturated carbocycles. The number of hydrogen-bond donors (Lipinski definition) is 4. The fourth-order valence-corrected chi connectivity index (χ4v) is 3.31. The highest BCUT2D eigenvalue weighted by Crippen LogP contribution is 2.25. The average molecular weight is 292 g/mol. The van der Waals surface area contributed by atoms with Crippen LogP contribution in [0, 0.1) is 0 Å². The highest BCUT2D eigenvalue weighted by molar-refractivity contribution is 5.49. The summed E-state index contributed by atoms with van der Waals surface area (Å²) in [6.07, 6.45) is 3.11. The fraction of sp³-hybridized carbons (Fsp3) is 0.667. The van der Waals surface area contributed by atoms with Crippen molar-refractivity contribution in [1.29, 1.82) is 0 Å². The number of hydrogen-bond acceptors (Lipinski definition) is 6. The fourth-order valence-electron chi connectivity index (χ4n) is 3.31. The Kier molecular flexibility index (Phi) is 4.57. The maximum absolute atomic E-state index is 9.44. The maximum atomic E-state index is 9.44. The number of nitrogens with one attached hydrogen (secondary N) is 2. The topological polar surface area (TPSA) is 80.7 Å². The number of rotatable bonds is 5. The van der Waals surface area contributed by atoms with E-state index in [4.69, 9.17) is 0 Å². The van der Waals surface area contributed by atoms with E-state index in [0.717, 1.165) is 44.0 Å². The molecule has 0 aromatic carbocycles. The van der Waals surface area contributed by atoms with Gasteiger partial charge in [0, 0.05) is 12.6 Å². The standard InChI is InChI=1S/C15H24N4O2/c20-9-11-3-2-8-19(11)15-5-1-4-14(18-15)17-12-6-7-16-13(12)10-21/h1,4-5,11-13,16,20-21H,2-3,6-10H2,(H,17,18). The molecule has 3 heterocycles. The van der Waals surface area contributed by atoms with Crippen LogP contribution in [0.5, 0.6) is 0 Å². The molecule has 116 valence electrons. The summed E-state index contributed by atoms with van der Waals surface area (Å²) in [7, 11) is 0. The lowest BCUT2D eigenvalue weighted by Crippen LogP contribution is -2.38. The van der Waals surface area contributed by atoms with E-state index in [1.165, 1.54) is 0 Å². The zero-order chi connectivity index (χ0) is 14.7. The average Bonchev–Trinajstić information content (AvgIpc) is 3.15. The SMILES string of the molecule is OCC1NCCC1Nc1cccc(N2CCCC2CO)n1. The first-order chi connectivity index (χ1) is 10.3. The monoisotopic (exact) mass is 292 g/mol. The van der Waals surface area contributed by atoms with E-state index >= 15 is 0 Å². The second kappa shape index (κ2) is 6.60. The second-order valence-corrected chi connectivity index (χ2v) is 5.84. The first-order valence-electron chi connectivity index (χ1n) is 7.77. The van der Waals surface area contributed by atoms with E-state index in [9.17, 15) is 10.2 Å². The summed E-state index contributed by atoms with van der Waals surface area (Å²) in [6, 6.07) is 6.44. The van der Waals surface area contributed by atoms with Crippen molar-refractivity contribution >= 4 is 11.6 Å². The van der Waals surface area contributed by atoms with Crippen molar-refractivity contribution in [1.82, 2.24) is 10.3 Å². The van der Waals surface area contributed by atoms with Gasteiger partial charge < -0.3 is 25.7 Å². The van der Waals surface area contributed by atoms with Crippen molar-refractivity contribution in [2.45, 2.75) is 37.4 Å². The van der Waals surface area contributed by atoms with Gasteiger partial charge >= 0.3 is 0 Å². The molecule has 2 saturated heterocycles. The van der Waals surface area contributed by atoms with E-state index in [0.29, 0.717) is 0 Å². The molecule has 21 heavy (non-hydrogen) atoms. The molecule has 4 N–H and O–H groups in total. The normalized spacial score (nSPS) is 29.0. The maximum Gasteiger partial charge on any atom is 0.131 e. The van der Waals surface area contributed by atoms with Gasteiger partial charge in [0.25, 0.3) is 0 Å². The number of nitrogens with zero attached hydrogens (tertiary/aromatic N) is 2. The van der Waals surface area contributed by atoms with E-state index in [1.807, 2.05) is 18.2 Å². The van der Waals surface area contributed by atoms with Crippen molar-refractivity contribution in [3.05, 3.63) is 18.2 Å². The van der Waals surface area contributed by atoms with Gasteiger partial charge in [-0.3, -0.25) is 0 Å². The van der Waals surface area contributed by atoms with Gasteiger partial charge in [-0.15, -0.1) is 0 Å². The van der Waals surface area contributed by atoms with E-state index in [-0.39, 0.29) is 31.3 Å². The van der Waals surface area contributed by atoms with Gasteiger partial charge in [0.15, 0.2) is 0 Å². The third-order valence-corrected chi connectivity index (χ3v) is 4.49. The molecule has 0 radical (unpaired) electrons. The van der Waals surface area contributed by atoms with Crippen LogP contribution in [0.25, 0.3) is 0 Å². The second-order valence-electron chi connectivity index (χ2n) is 5.84. The summed E-state index contributed by atoms with van der Waals surface area (Å²) < 4.78 is 0. The Labute approximate surface area is 125 Å². The van der Waals surface area contributed by atoms with Gasteiger partial charge in [-0.2, -0.15) is 0 Å². The molecule has 0 amide bonds. The zero-order valence-electron chi connectivity index (χ0n) is 12.2. The number of anilines is 2. The van der Waals surface area contributed by atoms with Gasteiger partial charge in [0.1, 0.15) is 11.6 Å². The quantitative estimate of drug-likeness (QED) is 0.620. The number of aromatic nitrogens is 1. The minimum Gasteiger partial charge on any atom is -0.395 e. The largest absolute Gasteiger partial charge is 0.395 e. The smallest absolute Gasteiger partial charge is 0.131 e. The van der Waals surface area contributed by atoms with Crippen LogP contribution in [0.2, 0.25) is 0 Å². The Balaban J connectivity index is 1.71. The van der Waals surface area contributed by atoms with Gasteiger partial charge in [0.05, 0.1) is 25.3 Å². The number of aliphatic hydroxyl groups excluding tert-OH is 2. The van der Waals surface area contributed by atoms with Crippen LogP contribution in [-0.2, 0) is 0 Å². The summed E-state index contributed by atoms with van der Waals surface area (Å²) >= 11 is 0. The molecule has 0 bridgehead atoms. The Morgan fingerprint density at radius 2 is 2.19 bits per heavy atom. The van der Waals surface area contributed by atoms with Crippen molar-refractivity contribution < 1.29 is 10.2 Å². The number of aliphatic hydroxyl groups is 2. The molecule has 1 aromatic rings. The van der Waals surface area contributed by atoms with E-state index in [1.54, 1.807) is 0 Å². The Hall–Kier alpha value is -1.37. The molecule has 6 nitrogen and oxygen atoms in total. The minimum absolute atomic E-state index is 0.0902. The minimum atomic E-state index is 0.0902. The predicted molar refractivity (Wildman–Crippen MR) is 82.6 cm³/mol. The molecule has 0 aliphatic carbocycles. The zero-order valence-corrected chi connectivity index (χ0v) is 12.2. The lowest BCUT2D eigenvalue weighted by Gasteiger charge is -2.25. The summed E-state index contributed by atoms with van der Waals surface area (Å²) in [5.74, 6) is 1.76.